The van der Waals surface area contributed by atoms with E-state index in [4.69, 9.17) is 104 Å². The summed E-state index contributed by atoms with van der Waals surface area (Å²) in [7, 11) is -5.72. The van der Waals surface area contributed by atoms with E-state index in [0.29, 0.717) is 0 Å². The average molecular weight is 1920 g/mol. The van der Waals surface area contributed by atoms with Crippen molar-refractivity contribution >= 4 is 13.7 Å². The first-order valence-corrected chi connectivity index (χ1v) is 41.9. The molecule has 61 heteroatoms. The van der Waals surface area contributed by atoms with Crippen LogP contribution < -0.4 is 5.32 Å². The number of hydrogen-bond acceptors (Lipinski definition) is 58. The molecule has 0 aromatic heterocycles. The highest BCUT2D eigenvalue weighted by Gasteiger charge is 2.62. The van der Waals surface area contributed by atoms with E-state index in [9.17, 15) is 188 Å². The molecule has 11 fully saturated rings. The number of phosphoric ester groups is 1. The Bertz CT molecular complexity index is 3460. The topological polar surface area (TPSA) is 957 Å². The number of nitrogens with one attached hydrogen (secondary N) is 1. The Morgan fingerprint density at radius 3 is 0.899 bits per heavy atom. The molecule has 11 aliphatic heterocycles. The highest BCUT2D eigenvalue weighted by Crippen LogP contribution is 2.48. The first-order valence-electron chi connectivity index (χ1n) is 40.4. The summed E-state index contributed by atoms with van der Waals surface area (Å²) in [4.78, 5) is 23.3. The van der Waals surface area contributed by atoms with Gasteiger partial charge in [0.25, 0.3) is 0 Å². The highest BCUT2D eigenvalue weighted by molar-refractivity contribution is 7.47. The van der Waals surface area contributed by atoms with Crippen LogP contribution in [-0.4, -0.2) is 595 Å². The molecule has 36 N–H and O–H groups in total. The maximum absolute atomic E-state index is 13.5. The molecule has 0 spiro atoms. The molecule has 0 radical (unpaired) electrons. The van der Waals surface area contributed by atoms with Crippen molar-refractivity contribution in [2.24, 2.45) is 0 Å². The van der Waals surface area contributed by atoms with Gasteiger partial charge in [0, 0.05) is 6.92 Å². The smallest absolute Gasteiger partial charge is 0.394 e. The number of aliphatic hydroxyl groups excluding tert-OH is 34. The lowest BCUT2D eigenvalue weighted by atomic mass is 9.94. The van der Waals surface area contributed by atoms with Gasteiger partial charge in [0.2, 0.25) is 5.91 Å². The standard InChI is InChI=1S/C68H116NO59P/c1-13(77)69-25-36(88)52(20(8-76)111-58(25)104)122-64-51(103)54(124-68-57(44(96)32(84)21(121-68)9-107-59-45(97)37(89)26(78)14(2-70)112-59)127-67-56(42(94)31(83)19(7-75)117-67)126-63-48(100)40(92)29(81)17(5-73)115-63)35(87)23(119-64)10-108-60-50(102)53(123-61-46(98)38(90)27(79)15(3-71)113-61)34(86)22(118-60)11-109-66-55(125-62-47(99)39(91)28(80)16(4-72)114-62)43(95)33(85)24(120-66)12-110-129(105,106)128-65-49(101)41(93)30(82)18(6-74)116-65/h14-68,70-76,78-104H,2-12H2,1H3,(H,69,77)(H,105,106)/t14-,15-,16-,17-,18-,19-,20-,21-,22-,23-,24-,25-,26-,27-,28-,29-,30-,31-,32-,33-,34-,35-,36-,37+,38+,39+,40+,41+,42+,43+,44+,45+,46+,47+,48+,49+,50+,51+,52-,53+,54+,55+,56+,57+,58?,59+,60+,61-,62-,63-,64+,65-,66+,67-,68-/m1/s1. The Kier molecular flexibility index (Phi) is 38.1. The van der Waals surface area contributed by atoms with Crippen molar-refractivity contribution in [1.82, 2.24) is 5.32 Å². The molecular formula is C68H116NO59P. The summed E-state index contributed by atoms with van der Waals surface area (Å²) in [6, 6.07) is -1.88. The first-order chi connectivity index (χ1) is 60.9. The molecule has 11 rings (SSSR count). The van der Waals surface area contributed by atoms with E-state index in [1.54, 1.807) is 0 Å². The second kappa shape index (κ2) is 46.0. The van der Waals surface area contributed by atoms with E-state index in [-0.39, 0.29) is 0 Å². The van der Waals surface area contributed by atoms with Gasteiger partial charge in [-0.3, -0.25) is 13.8 Å². The van der Waals surface area contributed by atoms with Crippen LogP contribution in [0.4, 0.5) is 0 Å². The lowest BCUT2D eigenvalue weighted by Crippen LogP contribution is -2.69. The quantitative estimate of drug-likeness (QED) is 0.0266. The molecule has 129 heavy (non-hydrogen) atoms. The van der Waals surface area contributed by atoms with Crippen molar-refractivity contribution < 1.29 is 292 Å². The summed E-state index contributed by atoms with van der Waals surface area (Å²) in [5.74, 6) is -0.929. The van der Waals surface area contributed by atoms with Crippen LogP contribution in [0.2, 0.25) is 0 Å². The molecule has 56 atom stereocenters. The van der Waals surface area contributed by atoms with Crippen molar-refractivity contribution in [2.45, 2.75) is 345 Å². The Balaban J connectivity index is 0.940. The lowest BCUT2D eigenvalue weighted by Gasteiger charge is -2.50. The van der Waals surface area contributed by atoms with E-state index < -0.39 is 424 Å². The summed E-state index contributed by atoms with van der Waals surface area (Å²) < 4.78 is 139. The van der Waals surface area contributed by atoms with Crippen LogP contribution in [0.15, 0.2) is 0 Å². The van der Waals surface area contributed by atoms with Crippen molar-refractivity contribution in [3.05, 3.63) is 0 Å². The number of carbonyl (C=O) groups is 1. The number of rotatable bonds is 34. The molecule has 2 unspecified atom stereocenters. The fourth-order valence-electron chi connectivity index (χ4n) is 15.9. The minimum atomic E-state index is -5.72. The number of carbonyl (C=O) groups excluding carboxylic acids is 1. The molecule has 11 heterocycles. The van der Waals surface area contributed by atoms with Gasteiger partial charge >= 0.3 is 7.82 Å². The maximum atomic E-state index is 13.5. The molecule has 0 saturated carbocycles. The van der Waals surface area contributed by atoms with Gasteiger partial charge in [0.05, 0.1) is 72.7 Å². The average Bonchev–Trinajstić information content (AvgIpc) is 0.784. The van der Waals surface area contributed by atoms with Gasteiger partial charge in [-0.05, 0) is 0 Å². The van der Waals surface area contributed by atoms with Gasteiger partial charge in [-0.25, -0.2) is 4.57 Å². The predicted octanol–water partition coefficient (Wildman–Crippen LogP) is -24.7. The minimum absolute atomic E-state index is 0.926. The summed E-state index contributed by atoms with van der Waals surface area (Å²) in [5, 5.41) is 378. The minimum Gasteiger partial charge on any atom is -0.394 e. The fourth-order valence-corrected chi connectivity index (χ4v) is 16.8. The van der Waals surface area contributed by atoms with Crippen LogP contribution in [0, 0.1) is 0 Å². The van der Waals surface area contributed by atoms with Crippen molar-refractivity contribution in [3.8, 4) is 0 Å². The molecule has 0 aromatic rings. The maximum Gasteiger partial charge on any atom is 0.474 e. The van der Waals surface area contributed by atoms with Crippen LogP contribution in [0.5, 0.6) is 0 Å². The lowest BCUT2D eigenvalue weighted by molar-refractivity contribution is -0.409. The number of aliphatic hydroxyl groups is 34. The molecule has 11 saturated heterocycles. The van der Waals surface area contributed by atoms with Crippen LogP contribution in [0.25, 0.3) is 0 Å². The number of ether oxygens (including phenoxy) is 20. The van der Waals surface area contributed by atoms with Gasteiger partial charge in [0.15, 0.2) is 69.2 Å². The number of phosphoric acid groups is 1. The van der Waals surface area contributed by atoms with Gasteiger partial charge < -0.3 is 279 Å². The summed E-state index contributed by atoms with van der Waals surface area (Å²) in [6.07, 6.45) is -122. The van der Waals surface area contributed by atoms with E-state index in [1.165, 1.54) is 0 Å². The van der Waals surface area contributed by atoms with Gasteiger partial charge in [0.1, 0.15) is 269 Å². The monoisotopic (exact) mass is 1920 g/mol. The predicted molar refractivity (Wildman–Crippen MR) is 385 cm³/mol. The van der Waals surface area contributed by atoms with Crippen LogP contribution >= 0.6 is 7.82 Å². The van der Waals surface area contributed by atoms with Crippen LogP contribution in [0.1, 0.15) is 6.92 Å². The Morgan fingerprint density at radius 2 is 0.496 bits per heavy atom. The van der Waals surface area contributed by atoms with E-state index in [1.807, 2.05) is 0 Å². The Hall–Kier alpha value is -2.58. The molecule has 11 aliphatic rings. The van der Waals surface area contributed by atoms with Crippen molar-refractivity contribution in [1.29, 1.82) is 0 Å². The second-order valence-corrected chi connectivity index (χ2v) is 33.6. The van der Waals surface area contributed by atoms with Gasteiger partial charge in [-0.15, -0.1) is 0 Å². The molecule has 1 amide bonds. The third-order valence-corrected chi connectivity index (χ3v) is 24.5. The summed E-state index contributed by atoms with van der Waals surface area (Å²) in [6.45, 7) is -12.2. The second-order valence-electron chi connectivity index (χ2n) is 32.2. The molecule has 0 bridgehead atoms. The molecule has 60 nitrogen and oxygen atoms in total. The molecular weight excluding hydrogens is 1810 g/mol. The third kappa shape index (κ3) is 23.5. The normalized spacial score (nSPS) is 52.0. The van der Waals surface area contributed by atoms with E-state index >= 15 is 0 Å². The largest absolute Gasteiger partial charge is 0.474 e. The van der Waals surface area contributed by atoms with E-state index in [0.717, 1.165) is 6.92 Å². The Labute approximate surface area is 726 Å². The first kappa shape index (κ1) is 107. The zero-order valence-electron chi connectivity index (χ0n) is 67.4. The van der Waals surface area contributed by atoms with Crippen molar-refractivity contribution in [3.63, 3.8) is 0 Å². The zero-order chi connectivity index (χ0) is 94.9. The van der Waals surface area contributed by atoms with Crippen molar-refractivity contribution in [2.75, 3.05) is 72.7 Å². The number of amides is 1. The SMILES string of the molecule is CC(=O)N[C@H]1C(O)O[C@H](CO)[C@@H](O[C@@H]2O[C@H](CO[C@H]3O[C@H](CO[C@H]4O[C@H](COP(=O)(O)O[C@H]5O[C@H](CO)[C@@H](O)[C@H](O)[C@@H]5O)[C@@H](O)[C@H](O)[C@@H]4O[C@H]4O[C@H](CO)[C@@H](O)[C@H](O)[C@@H]4O)[C@@H](O)[C@H](O[C@H]4O[C@H](CO)[C@@H](O)[C@H](O)[C@@H]4O)[C@@H]3O)[C@@H](O)[C@H](O[C@H]3O[C@H](CO[C@H]4O[C@H](CO)[C@@H](O)[C@H](O)[C@@H]4O)[C@@H](O)[C@H](O)[C@@H]3O[C@H]3O[C@H](CO)[C@@H](O)[C@H](O)[C@@H]3O[C@H]3O[C@H](CO)[C@@H](O)[C@H](O)[C@@H]3O)[C@@H]2O)[C@@H]1O. The molecule has 0 aliphatic carbocycles. The van der Waals surface area contributed by atoms with Crippen LogP contribution in [0.3, 0.4) is 0 Å². The summed E-state index contributed by atoms with van der Waals surface area (Å²) >= 11 is 0. The number of hydrogen-bond donors (Lipinski definition) is 36. The Morgan fingerprint density at radius 1 is 0.248 bits per heavy atom. The van der Waals surface area contributed by atoms with Gasteiger partial charge in [-0.2, -0.15) is 0 Å². The fraction of sp³-hybridized carbons (Fsp3) is 0.985. The third-order valence-electron chi connectivity index (χ3n) is 23.5. The highest BCUT2D eigenvalue weighted by atomic mass is 31.2. The molecule has 0 aromatic carbocycles. The van der Waals surface area contributed by atoms with Gasteiger partial charge in [-0.1, -0.05) is 0 Å². The van der Waals surface area contributed by atoms with Crippen LogP contribution in [-0.2, 0) is 113 Å². The van der Waals surface area contributed by atoms with E-state index in [2.05, 4.69) is 5.32 Å². The summed E-state index contributed by atoms with van der Waals surface area (Å²) in [5.41, 5.74) is 0. The molecule has 752 valence electrons. The zero-order valence-corrected chi connectivity index (χ0v) is 68.3.